The number of aliphatic hydroxyl groups excluding tert-OH is 1. The minimum atomic E-state index is -0.847. The molecular weight excluding hydrogens is 240 g/mol. The maximum Gasteiger partial charge on any atom is 0.241 e. The second-order valence-electron chi connectivity index (χ2n) is 4.62. The summed E-state index contributed by atoms with van der Waals surface area (Å²) in [6.45, 7) is 0.145. The molecule has 0 aliphatic carbocycles. The van der Waals surface area contributed by atoms with E-state index in [0.29, 0.717) is 6.54 Å². The molecule has 19 heavy (non-hydrogen) atoms. The lowest BCUT2D eigenvalue weighted by Crippen LogP contribution is -2.43. The number of likely N-dealkylation sites (N-methyl/N-ethyl adjacent to an activating group) is 1. The Balaban J connectivity index is 2.24. The van der Waals surface area contributed by atoms with Gasteiger partial charge in [-0.1, -0.05) is 42.5 Å². The third kappa shape index (κ3) is 2.92. The number of rotatable bonds is 4. The molecular formula is C15H18N2O2. The lowest BCUT2D eigenvalue weighted by Gasteiger charge is -2.21. The van der Waals surface area contributed by atoms with Gasteiger partial charge in [-0.2, -0.15) is 0 Å². The highest BCUT2D eigenvalue weighted by Gasteiger charge is 2.17. The lowest BCUT2D eigenvalue weighted by molar-refractivity contribution is -0.132. The first-order chi connectivity index (χ1) is 9.13. The Bertz CT molecular complexity index is 578. The van der Waals surface area contributed by atoms with Gasteiger partial charge in [0, 0.05) is 13.6 Å². The van der Waals surface area contributed by atoms with Crippen molar-refractivity contribution in [1.82, 2.24) is 4.90 Å². The molecule has 1 amide bonds. The van der Waals surface area contributed by atoms with Crippen LogP contribution in [0.1, 0.15) is 5.56 Å². The van der Waals surface area contributed by atoms with E-state index < -0.39 is 6.04 Å². The number of hydrogen-bond acceptors (Lipinski definition) is 3. The fourth-order valence-corrected chi connectivity index (χ4v) is 2.12. The van der Waals surface area contributed by atoms with Crippen molar-refractivity contribution in [1.29, 1.82) is 0 Å². The summed E-state index contributed by atoms with van der Waals surface area (Å²) in [6, 6.07) is 13.2. The van der Waals surface area contributed by atoms with E-state index in [1.54, 1.807) is 11.9 Å². The topological polar surface area (TPSA) is 66.6 Å². The largest absolute Gasteiger partial charge is 0.394 e. The Hall–Kier alpha value is -1.91. The average molecular weight is 258 g/mol. The van der Waals surface area contributed by atoms with Gasteiger partial charge in [-0.25, -0.2) is 0 Å². The predicted octanol–water partition coefficient (Wildman–Crippen LogP) is 1.12. The van der Waals surface area contributed by atoms with Crippen molar-refractivity contribution in [3.63, 3.8) is 0 Å². The van der Waals surface area contributed by atoms with Crippen molar-refractivity contribution in [3.8, 4) is 0 Å². The first kappa shape index (κ1) is 13.5. The Morgan fingerprint density at radius 1 is 1.26 bits per heavy atom. The SMILES string of the molecule is CN(Cc1cccc2ccccc12)C(=O)C(N)CO. The first-order valence-electron chi connectivity index (χ1n) is 6.21. The molecule has 0 heterocycles. The van der Waals surface area contributed by atoms with Crippen LogP contribution in [0.2, 0.25) is 0 Å². The van der Waals surface area contributed by atoms with E-state index in [9.17, 15) is 4.79 Å². The molecule has 3 N–H and O–H groups in total. The fraction of sp³-hybridized carbons (Fsp3) is 0.267. The van der Waals surface area contributed by atoms with E-state index in [2.05, 4.69) is 0 Å². The van der Waals surface area contributed by atoms with E-state index in [0.717, 1.165) is 16.3 Å². The molecule has 1 atom stereocenters. The smallest absolute Gasteiger partial charge is 0.241 e. The number of fused-ring (bicyclic) bond motifs is 1. The van der Waals surface area contributed by atoms with Gasteiger partial charge < -0.3 is 15.7 Å². The second kappa shape index (κ2) is 5.82. The molecule has 2 aromatic carbocycles. The monoisotopic (exact) mass is 258 g/mol. The lowest BCUT2D eigenvalue weighted by atomic mass is 10.0. The van der Waals surface area contributed by atoms with Gasteiger partial charge >= 0.3 is 0 Å². The number of benzene rings is 2. The minimum absolute atomic E-state index is 0.254. The number of aliphatic hydroxyl groups is 1. The van der Waals surface area contributed by atoms with Crippen molar-refractivity contribution in [2.75, 3.05) is 13.7 Å². The van der Waals surface area contributed by atoms with Crippen LogP contribution in [-0.4, -0.2) is 35.6 Å². The van der Waals surface area contributed by atoms with Crippen LogP contribution in [-0.2, 0) is 11.3 Å². The van der Waals surface area contributed by atoms with Gasteiger partial charge in [0.2, 0.25) is 5.91 Å². The summed E-state index contributed by atoms with van der Waals surface area (Å²) in [5.74, 6) is -0.254. The molecule has 2 rings (SSSR count). The second-order valence-corrected chi connectivity index (χ2v) is 4.62. The number of amides is 1. The van der Waals surface area contributed by atoms with E-state index >= 15 is 0 Å². The number of carbonyl (C=O) groups is 1. The van der Waals surface area contributed by atoms with Crippen LogP contribution in [0.15, 0.2) is 42.5 Å². The van der Waals surface area contributed by atoms with E-state index in [4.69, 9.17) is 10.8 Å². The fourth-order valence-electron chi connectivity index (χ4n) is 2.12. The Morgan fingerprint density at radius 3 is 2.68 bits per heavy atom. The summed E-state index contributed by atoms with van der Waals surface area (Å²) in [6.07, 6.45) is 0. The van der Waals surface area contributed by atoms with Crippen molar-refractivity contribution in [3.05, 3.63) is 48.0 Å². The molecule has 0 spiro atoms. The zero-order chi connectivity index (χ0) is 13.8. The summed E-state index contributed by atoms with van der Waals surface area (Å²) in [4.78, 5) is 13.4. The van der Waals surface area contributed by atoms with Gasteiger partial charge in [-0.05, 0) is 16.3 Å². The number of nitrogens with zero attached hydrogens (tertiary/aromatic N) is 1. The minimum Gasteiger partial charge on any atom is -0.394 e. The summed E-state index contributed by atoms with van der Waals surface area (Å²) < 4.78 is 0. The third-order valence-corrected chi connectivity index (χ3v) is 3.18. The average Bonchev–Trinajstić information content (AvgIpc) is 2.46. The number of carbonyl (C=O) groups excluding carboxylic acids is 1. The molecule has 0 bridgehead atoms. The summed E-state index contributed by atoms with van der Waals surface area (Å²) in [5.41, 5.74) is 6.61. The Kier molecular flexibility index (Phi) is 4.14. The molecule has 0 aromatic heterocycles. The first-order valence-corrected chi connectivity index (χ1v) is 6.21. The molecule has 0 radical (unpaired) electrons. The maximum absolute atomic E-state index is 11.9. The molecule has 0 saturated heterocycles. The Labute approximate surface area is 112 Å². The standard InChI is InChI=1S/C15H18N2O2/c1-17(15(19)14(16)10-18)9-12-7-4-6-11-5-2-3-8-13(11)12/h2-8,14,18H,9-10,16H2,1H3. The van der Waals surface area contributed by atoms with Gasteiger partial charge in [0.25, 0.3) is 0 Å². The molecule has 0 aliphatic rings. The van der Waals surface area contributed by atoms with Crippen molar-refractivity contribution in [2.45, 2.75) is 12.6 Å². The highest BCUT2D eigenvalue weighted by atomic mass is 16.3. The third-order valence-electron chi connectivity index (χ3n) is 3.18. The highest BCUT2D eigenvalue weighted by Crippen LogP contribution is 2.19. The number of hydrogen-bond donors (Lipinski definition) is 2. The molecule has 0 aliphatic heterocycles. The zero-order valence-electron chi connectivity index (χ0n) is 10.9. The van der Waals surface area contributed by atoms with Gasteiger partial charge in [0.15, 0.2) is 0 Å². The van der Waals surface area contributed by atoms with Crippen LogP contribution < -0.4 is 5.73 Å². The van der Waals surface area contributed by atoms with Gasteiger partial charge in [0.1, 0.15) is 6.04 Å². The van der Waals surface area contributed by atoms with E-state index in [1.165, 1.54) is 0 Å². The van der Waals surface area contributed by atoms with E-state index in [-0.39, 0.29) is 12.5 Å². The van der Waals surface area contributed by atoms with Crippen molar-refractivity contribution in [2.24, 2.45) is 5.73 Å². The molecule has 0 saturated carbocycles. The zero-order valence-corrected chi connectivity index (χ0v) is 10.9. The molecule has 4 heteroatoms. The molecule has 1 unspecified atom stereocenters. The summed E-state index contributed by atoms with van der Waals surface area (Å²) in [5, 5.41) is 11.2. The summed E-state index contributed by atoms with van der Waals surface area (Å²) >= 11 is 0. The van der Waals surface area contributed by atoms with Crippen LogP contribution in [0.5, 0.6) is 0 Å². The van der Waals surface area contributed by atoms with Crippen molar-refractivity contribution < 1.29 is 9.90 Å². The van der Waals surface area contributed by atoms with Gasteiger partial charge in [-0.3, -0.25) is 4.79 Å². The predicted molar refractivity (Wildman–Crippen MR) is 75.5 cm³/mol. The normalized spacial score (nSPS) is 12.4. The Morgan fingerprint density at radius 2 is 1.95 bits per heavy atom. The van der Waals surface area contributed by atoms with Gasteiger partial charge in [-0.15, -0.1) is 0 Å². The van der Waals surface area contributed by atoms with Gasteiger partial charge in [0.05, 0.1) is 6.61 Å². The van der Waals surface area contributed by atoms with Crippen molar-refractivity contribution >= 4 is 16.7 Å². The van der Waals surface area contributed by atoms with Crippen LogP contribution >= 0.6 is 0 Å². The molecule has 2 aromatic rings. The summed E-state index contributed by atoms with van der Waals surface area (Å²) in [7, 11) is 1.69. The van der Waals surface area contributed by atoms with E-state index in [1.807, 2.05) is 42.5 Å². The molecule has 0 fully saturated rings. The molecule has 100 valence electrons. The van der Waals surface area contributed by atoms with Crippen LogP contribution in [0.25, 0.3) is 10.8 Å². The molecule has 4 nitrogen and oxygen atoms in total. The number of nitrogens with two attached hydrogens (primary N) is 1. The quantitative estimate of drug-likeness (QED) is 0.863. The maximum atomic E-state index is 11.9. The van der Waals surface area contributed by atoms with Crippen LogP contribution in [0.3, 0.4) is 0 Å². The van der Waals surface area contributed by atoms with Crippen LogP contribution in [0.4, 0.5) is 0 Å². The highest BCUT2D eigenvalue weighted by molar-refractivity contribution is 5.86. The van der Waals surface area contributed by atoms with Crippen LogP contribution in [0, 0.1) is 0 Å².